The van der Waals surface area contributed by atoms with Crippen molar-refractivity contribution >= 4 is 5.97 Å². The first kappa shape index (κ1) is 10.5. The minimum atomic E-state index is -0.655. The molecular formula is C9H16O4. The average molecular weight is 188 g/mol. The van der Waals surface area contributed by atoms with Crippen LogP contribution in [0.3, 0.4) is 0 Å². The van der Waals surface area contributed by atoms with Gasteiger partial charge in [0.15, 0.2) is 0 Å². The molecule has 1 rings (SSSR count). The van der Waals surface area contributed by atoms with Crippen LogP contribution in [0.2, 0.25) is 0 Å². The number of carbonyl (C=O) groups excluding carboxylic acids is 1. The Morgan fingerprint density at radius 1 is 1.46 bits per heavy atom. The maximum absolute atomic E-state index is 11.2. The molecule has 4 atom stereocenters. The van der Waals surface area contributed by atoms with Crippen molar-refractivity contribution in [3.05, 3.63) is 0 Å². The van der Waals surface area contributed by atoms with Crippen LogP contribution in [0.25, 0.3) is 0 Å². The largest absolute Gasteiger partial charge is 0.462 e. The second-order valence-corrected chi connectivity index (χ2v) is 3.63. The summed E-state index contributed by atoms with van der Waals surface area (Å²) in [7, 11) is 0. The minimum Gasteiger partial charge on any atom is -0.462 e. The Morgan fingerprint density at radius 3 is 2.62 bits per heavy atom. The van der Waals surface area contributed by atoms with E-state index in [1.165, 1.54) is 0 Å². The first-order chi connectivity index (χ1) is 6.07. The number of rotatable bonds is 2. The van der Waals surface area contributed by atoms with Crippen LogP contribution in [-0.2, 0) is 9.53 Å². The van der Waals surface area contributed by atoms with Crippen molar-refractivity contribution in [1.82, 2.24) is 0 Å². The summed E-state index contributed by atoms with van der Waals surface area (Å²) >= 11 is 0. The lowest BCUT2D eigenvalue weighted by Crippen LogP contribution is -2.46. The number of aliphatic hydroxyl groups excluding tert-OH is 2. The number of esters is 1. The van der Waals surface area contributed by atoms with Crippen molar-refractivity contribution in [3.63, 3.8) is 0 Å². The van der Waals surface area contributed by atoms with E-state index in [0.29, 0.717) is 6.42 Å². The number of hydrogen-bond donors (Lipinski definition) is 2. The lowest BCUT2D eigenvalue weighted by atomic mass is 9.85. The maximum atomic E-state index is 11.2. The van der Waals surface area contributed by atoms with Gasteiger partial charge >= 0.3 is 5.97 Å². The van der Waals surface area contributed by atoms with E-state index in [1.807, 2.05) is 6.92 Å². The van der Waals surface area contributed by atoms with Gasteiger partial charge in [-0.25, -0.2) is 0 Å². The van der Waals surface area contributed by atoms with Gasteiger partial charge in [0, 0.05) is 18.9 Å². The molecular weight excluding hydrogens is 172 g/mol. The molecule has 76 valence electrons. The van der Waals surface area contributed by atoms with Crippen molar-refractivity contribution in [3.8, 4) is 0 Å². The van der Waals surface area contributed by atoms with E-state index >= 15 is 0 Å². The van der Waals surface area contributed by atoms with E-state index < -0.39 is 12.0 Å². The quantitative estimate of drug-likeness (QED) is 0.595. The van der Waals surface area contributed by atoms with Crippen LogP contribution in [0.5, 0.6) is 0 Å². The first-order valence-corrected chi connectivity index (χ1v) is 4.57. The zero-order valence-electron chi connectivity index (χ0n) is 7.93. The molecule has 1 fully saturated rings. The molecule has 0 bridgehead atoms. The second kappa shape index (κ2) is 4.07. The Kier molecular flexibility index (Phi) is 3.27. The summed E-state index contributed by atoms with van der Waals surface area (Å²) in [6, 6.07) is 0. The Balaban J connectivity index is 2.64. The van der Waals surface area contributed by atoms with E-state index in [0.717, 1.165) is 0 Å². The monoisotopic (exact) mass is 188 g/mol. The zero-order valence-corrected chi connectivity index (χ0v) is 7.93. The fourth-order valence-electron chi connectivity index (χ4n) is 1.63. The zero-order chi connectivity index (χ0) is 10.0. The number of cyclic esters (lactones) is 1. The van der Waals surface area contributed by atoms with Gasteiger partial charge in [-0.2, -0.15) is 0 Å². The van der Waals surface area contributed by atoms with Gasteiger partial charge in [-0.1, -0.05) is 6.92 Å². The molecule has 2 N–H and O–H groups in total. The van der Waals surface area contributed by atoms with Crippen molar-refractivity contribution in [2.75, 3.05) is 6.61 Å². The fraction of sp³-hybridized carbons (Fsp3) is 0.889. The highest BCUT2D eigenvalue weighted by Gasteiger charge is 2.39. The lowest BCUT2D eigenvalue weighted by molar-refractivity contribution is -0.178. The molecule has 1 saturated heterocycles. The molecule has 0 amide bonds. The van der Waals surface area contributed by atoms with Gasteiger partial charge in [-0.05, 0) is 6.92 Å². The summed E-state index contributed by atoms with van der Waals surface area (Å²) in [5.74, 6) is -0.922. The van der Waals surface area contributed by atoms with Gasteiger partial charge in [0.25, 0.3) is 0 Å². The van der Waals surface area contributed by atoms with E-state index in [9.17, 15) is 9.90 Å². The normalized spacial score (nSPS) is 40.2. The van der Waals surface area contributed by atoms with E-state index in [2.05, 4.69) is 0 Å². The Morgan fingerprint density at radius 2 is 2.08 bits per heavy atom. The standard InChI is InChI=1S/C9H16O4/c1-5-7(3-4-10)13-9(12)6(2)8(5)11/h5-8,10-11H,3-4H2,1-2H3/t5-,6-,7+,8+/m0/s1. The van der Waals surface area contributed by atoms with Crippen LogP contribution >= 0.6 is 0 Å². The van der Waals surface area contributed by atoms with Gasteiger partial charge in [-0.3, -0.25) is 4.79 Å². The number of aliphatic hydroxyl groups is 2. The van der Waals surface area contributed by atoms with Crippen LogP contribution in [0.4, 0.5) is 0 Å². The van der Waals surface area contributed by atoms with Crippen molar-refractivity contribution in [2.24, 2.45) is 11.8 Å². The average Bonchev–Trinajstić information content (AvgIpc) is 2.11. The third kappa shape index (κ3) is 2.00. The molecule has 0 aromatic heterocycles. The lowest BCUT2D eigenvalue weighted by Gasteiger charge is -2.35. The summed E-state index contributed by atoms with van der Waals surface area (Å²) in [5.41, 5.74) is 0. The van der Waals surface area contributed by atoms with Crippen LogP contribution in [-0.4, -0.2) is 35.0 Å². The van der Waals surface area contributed by atoms with Gasteiger partial charge < -0.3 is 14.9 Å². The van der Waals surface area contributed by atoms with E-state index in [-0.39, 0.29) is 24.6 Å². The third-order valence-corrected chi connectivity index (χ3v) is 2.69. The molecule has 0 saturated carbocycles. The van der Waals surface area contributed by atoms with E-state index in [4.69, 9.17) is 9.84 Å². The highest BCUT2D eigenvalue weighted by atomic mass is 16.5. The van der Waals surface area contributed by atoms with E-state index in [1.54, 1.807) is 6.92 Å². The smallest absolute Gasteiger partial charge is 0.311 e. The molecule has 1 heterocycles. The first-order valence-electron chi connectivity index (χ1n) is 4.57. The van der Waals surface area contributed by atoms with Crippen LogP contribution < -0.4 is 0 Å². The Hall–Kier alpha value is -0.610. The molecule has 0 aliphatic carbocycles. The summed E-state index contributed by atoms with van der Waals surface area (Å²) < 4.78 is 5.06. The third-order valence-electron chi connectivity index (χ3n) is 2.69. The van der Waals surface area contributed by atoms with Crippen LogP contribution in [0.15, 0.2) is 0 Å². The molecule has 0 radical (unpaired) electrons. The predicted octanol–water partition coefficient (Wildman–Crippen LogP) is -0.0727. The number of hydrogen-bond acceptors (Lipinski definition) is 4. The molecule has 4 heteroatoms. The minimum absolute atomic E-state index is 0.0244. The van der Waals surface area contributed by atoms with Crippen molar-refractivity contribution in [1.29, 1.82) is 0 Å². The highest BCUT2D eigenvalue weighted by Crippen LogP contribution is 2.27. The number of ether oxygens (including phenoxy) is 1. The summed E-state index contributed by atoms with van der Waals surface area (Å²) in [5, 5.41) is 18.3. The van der Waals surface area contributed by atoms with Crippen molar-refractivity contribution < 1.29 is 19.7 Å². The van der Waals surface area contributed by atoms with Crippen LogP contribution in [0.1, 0.15) is 20.3 Å². The Bertz CT molecular complexity index is 192. The summed E-state index contributed by atoms with van der Waals surface area (Å²) in [6.07, 6.45) is -0.599. The molecule has 0 aromatic rings. The van der Waals surface area contributed by atoms with Crippen LogP contribution in [0, 0.1) is 11.8 Å². The molecule has 0 spiro atoms. The molecule has 1 aliphatic heterocycles. The SMILES string of the molecule is C[C@@H]1[C@@H](O)[C@H](C)C(=O)O[C@@H]1CCO. The molecule has 4 nitrogen and oxygen atoms in total. The summed E-state index contributed by atoms with van der Waals surface area (Å²) in [4.78, 5) is 11.2. The molecule has 0 aromatic carbocycles. The van der Waals surface area contributed by atoms with Gasteiger partial charge in [0.2, 0.25) is 0 Å². The fourth-order valence-corrected chi connectivity index (χ4v) is 1.63. The molecule has 0 unspecified atom stereocenters. The topological polar surface area (TPSA) is 66.8 Å². The van der Waals surface area contributed by atoms with Crippen molar-refractivity contribution in [2.45, 2.75) is 32.5 Å². The number of carbonyl (C=O) groups is 1. The van der Waals surface area contributed by atoms with Gasteiger partial charge in [-0.15, -0.1) is 0 Å². The van der Waals surface area contributed by atoms with Gasteiger partial charge in [0.05, 0.1) is 12.0 Å². The van der Waals surface area contributed by atoms with Gasteiger partial charge in [0.1, 0.15) is 6.10 Å². The second-order valence-electron chi connectivity index (χ2n) is 3.63. The molecule has 1 aliphatic rings. The Labute approximate surface area is 77.5 Å². The summed E-state index contributed by atoms with van der Waals surface area (Å²) in [6.45, 7) is 3.45. The molecule has 13 heavy (non-hydrogen) atoms. The maximum Gasteiger partial charge on any atom is 0.311 e. The predicted molar refractivity (Wildman–Crippen MR) is 45.9 cm³/mol. The highest BCUT2D eigenvalue weighted by molar-refractivity contribution is 5.73.